The van der Waals surface area contributed by atoms with Crippen LogP contribution in [-0.4, -0.2) is 47.0 Å². The summed E-state index contributed by atoms with van der Waals surface area (Å²) in [6.07, 6.45) is 3.57. The zero-order valence-electron chi connectivity index (χ0n) is 13.1. The van der Waals surface area contributed by atoms with Crippen molar-refractivity contribution in [3.63, 3.8) is 0 Å². The van der Waals surface area contributed by atoms with Gasteiger partial charge in [0.1, 0.15) is 5.82 Å². The molecule has 2 aromatic heterocycles. The first-order valence-electron chi connectivity index (χ1n) is 7.94. The Morgan fingerprint density at radius 2 is 1.96 bits per heavy atom. The number of piperazine rings is 1. The zero-order valence-corrected chi connectivity index (χ0v) is 13.8. The van der Waals surface area contributed by atoms with Crippen molar-refractivity contribution in [2.75, 3.05) is 31.1 Å². The SMILES string of the molecule is O=C(c1c[nH]c2cc(Cl)ccc12)N1CCN(c2ccccn2)CC1. The summed E-state index contributed by atoms with van der Waals surface area (Å²) in [5, 5.41) is 1.57. The van der Waals surface area contributed by atoms with Gasteiger partial charge in [0.25, 0.3) is 5.91 Å². The Morgan fingerprint density at radius 3 is 2.71 bits per heavy atom. The molecule has 6 heteroatoms. The number of fused-ring (bicyclic) bond motifs is 1. The number of anilines is 1. The van der Waals surface area contributed by atoms with Crippen molar-refractivity contribution < 1.29 is 4.79 Å². The van der Waals surface area contributed by atoms with Crippen LogP contribution in [0.1, 0.15) is 10.4 Å². The smallest absolute Gasteiger partial charge is 0.256 e. The number of nitrogens with one attached hydrogen (secondary N) is 1. The van der Waals surface area contributed by atoms with Crippen LogP contribution in [0.3, 0.4) is 0 Å². The van der Waals surface area contributed by atoms with Gasteiger partial charge in [0.2, 0.25) is 0 Å². The molecule has 1 fully saturated rings. The summed E-state index contributed by atoms with van der Waals surface area (Å²) in [4.78, 5) is 24.5. The topological polar surface area (TPSA) is 52.2 Å². The van der Waals surface area contributed by atoms with Gasteiger partial charge in [-0.1, -0.05) is 23.7 Å². The summed E-state index contributed by atoms with van der Waals surface area (Å²) in [5.74, 6) is 1.02. The first-order chi connectivity index (χ1) is 11.7. The molecule has 1 aliphatic heterocycles. The van der Waals surface area contributed by atoms with Crippen LogP contribution in [0.2, 0.25) is 5.02 Å². The van der Waals surface area contributed by atoms with Crippen LogP contribution in [0.4, 0.5) is 5.82 Å². The molecule has 24 heavy (non-hydrogen) atoms. The van der Waals surface area contributed by atoms with E-state index in [1.807, 2.05) is 41.3 Å². The molecule has 3 aromatic rings. The Balaban J connectivity index is 1.50. The lowest BCUT2D eigenvalue weighted by atomic mass is 10.1. The maximum atomic E-state index is 12.8. The molecule has 0 unspecified atom stereocenters. The fourth-order valence-corrected chi connectivity index (χ4v) is 3.30. The molecular weight excluding hydrogens is 324 g/mol. The lowest BCUT2D eigenvalue weighted by Crippen LogP contribution is -2.49. The number of pyridine rings is 1. The number of H-pyrrole nitrogens is 1. The van der Waals surface area contributed by atoms with E-state index in [9.17, 15) is 4.79 Å². The van der Waals surface area contributed by atoms with Crippen molar-refractivity contribution >= 4 is 34.2 Å². The van der Waals surface area contributed by atoms with Gasteiger partial charge in [-0.15, -0.1) is 0 Å². The lowest BCUT2D eigenvalue weighted by molar-refractivity contribution is 0.0748. The first-order valence-corrected chi connectivity index (χ1v) is 8.32. The Hall–Kier alpha value is -2.53. The van der Waals surface area contributed by atoms with E-state index in [1.165, 1.54) is 0 Å². The van der Waals surface area contributed by atoms with E-state index in [0.29, 0.717) is 23.7 Å². The minimum atomic E-state index is 0.0595. The van der Waals surface area contributed by atoms with Crippen LogP contribution in [0, 0.1) is 0 Å². The maximum Gasteiger partial charge on any atom is 0.256 e. The van der Waals surface area contributed by atoms with E-state index in [0.717, 1.165) is 29.8 Å². The van der Waals surface area contributed by atoms with Crippen molar-refractivity contribution in [1.82, 2.24) is 14.9 Å². The van der Waals surface area contributed by atoms with Gasteiger partial charge in [-0.2, -0.15) is 0 Å². The predicted octanol–water partition coefficient (Wildman–Crippen LogP) is 3.18. The quantitative estimate of drug-likeness (QED) is 0.779. The van der Waals surface area contributed by atoms with Gasteiger partial charge in [0.15, 0.2) is 0 Å². The number of aromatic amines is 1. The standard InChI is InChI=1S/C18H17ClN4O/c19-13-4-5-14-15(12-21-16(14)11-13)18(24)23-9-7-22(8-10-23)17-3-1-2-6-20-17/h1-6,11-12,21H,7-10H2. The second-order valence-electron chi connectivity index (χ2n) is 5.86. The number of rotatable bonds is 2. The van der Waals surface area contributed by atoms with Gasteiger partial charge in [-0.3, -0.25) is 4.79 Å². The molecule has 1 N–H and O–H groups in total. The molecule has 122 valence electrons. The average molecular weight is 341 g/mol. The van der Waals surface area contributed by atoms with Gasteiger partial charge in [-0.05, 0) is 24.3 Å². The molecule has 1 amide bonds. The molecule has 0 radical (unpaired) electrons. The van der Waals surface area contributed by atoms with Crippen LogP contribution in [0.25, 0.3) is 10.9 Å². The largest absolute Gasteiger partial charge is 0.360 e. The molecule has 1 aromatic carbocycles. The van der Waals surface area contributed by atoms with Gasteiger partial charge in [0, 0.05) is 54.5 Å². The number of hydrogen-bond donors (Lipinski definition) is 1. The van der Waals surface area contributed by atoms with Crippen LogP contribution in [-0.2, 0) is 0 Å². The Bertz CT molecular complexity index is 869. The number of hydrogen-bond acceptors (Lipinski definition) is 3. The highest BCUT2D eigenvalue weighted by Gasteiger charge is 2.24. The zero-order chi connectivity index (χ0) is 16.5. The monoisotopic (exact) mass is 340 g/mol. The highest BCUT2D eigenvalue weighted by Crippen LogP contribution is 2.24. The number of nitrogens with zero attached hydrogens (tertiary/aromatic N) is 3. The minimum Gasteiger partial charge on any atom is -0.360 e. The fraction of sp³-hybridized carbons (Fsp3) is 0.222. The maximum absolute atomic E-state index is 12.8. The molecule has 0 spiro atoms. The van der Waals surface area contributed by atoms with E-state index in [4.69, 9.17) is 11.6 Å². The van der Waals surface area contributed by atoms with Gasteiger partial charge in [-0.25, -0.2) is 4.98 Å². The number of aromatic nitrogens is 2. The summed E-state index contributed by atoms with van der Waals surface area (Å²) in [7, 11) is 0. The van der Waals surface area contributed by atoms with Crippen LogP contribution in [0.15, 0.2) is 48.8 Å². The molecule has 0 atom stereocenters. The summed E-state index contributed by atoms with van der Waals surface area (Å²) in [6, 6.07) is 11.4. The summed E-state index contributed by atoms with van der Waals surface area (Å²) < 4.78 is 0. The molecule has 0 aliphatic carbocycles. The first kappa shape index (κ1) is 15.0. The van der Waals surface area contributed by atoms with E-state index < -0.39 is 0 Å². The third-order valence-corrected chi connectivity index (χ3v) is 4.65. The minimum absolute atomic E-state index is 0.0595. The van der Waals surface area contributed by atoms with Crippen molar-refractivity contribution in [3.8, 4) is 0 Å². The van der Waals surface area contributed by atoms with E-state index >= 15 is 0 Å². The fourth-order valence-electron chi connectivity index (χ4n) is 3.13. The summed E-state index contributed by atoms with van der Waals surface area (Å²) >= 11 is 6.00. The van der Waals surface area contributed by atoms with Crippen LogP contribution < -0.4 is 4.90 Å². The number of carbonyl (C=O) groups excluding carboxylic acids is 1. The van der Waals surface area contributed by atoms with Crippen molar-refractivity contribution in [2.24, 2.45) is 0 Å². The molecule has 0 saturated carbocycles. The Kier molecular flexibility index (Phi) is 3.86. The molecular formula is C18H17ClN4O. The van der Waals surface area contributed by atoms with Gasteiger partial charge in [0.05, 0.1) is 5.56 Å². The average Bonchev–Trinajstić information content (AvgIpc) is 3.05. The van der Waals surface area contributed by atoms with Crippen molar-refractivity contribution in [2.45, 2.75) is 0 Å². The Labute approximate surface area is 144 Å². The van der Waals surface area contributed by atoms with Crippen LogP contribution >= 0.6 is 11.6 Å². The Morgan fingerprint density at radius 1 is 1.12 bits per heavy atom. The molecule has 4 rings (SSSR count). The van der Waals surface area contributed by atoms with E-state index in [1.54, 1.807) is 12.4 Å². The number of amides is 1. The predicted molar refractivity (Wildman–Crippen MR) is 95.7 cm³/mol. The highest BCUT2D eigenvalue weighted by atomic mass is 35.5. The molecule has 0 bridgehead atoms. The lowest BCUT2D eigenvalue weighted by Gasteiger charge is -2.35. The second kappa shape index (κ2) is 6.17. The van der Waals surface area contributed by atoms with Crippen molar-refractivity contribution in [1.29, 1.82) is 0 Å². The van der Waals surface area contributed by atoms with E-state index in [-0.39, 0.29) is 5.91 Å². The highest BCUT2D eigenvalue weighted by molar-refractivity contribution is 6.31. The van der Waals surface area contributed by atoms with Gasteiger partial charge >= 0.3 is 0 Å². The third kappa shape index (κ3) is 2.71. The molecule has 5 nitrogen and oxygen atoms in total. The van der Waals surface area contributed by atoms with Crippen LogP contribution in [0.5, 0.6) is 0 Å². The van der Waals surface area contributed by atoms with Crippen molar-refractivity contribution in [3.05, 3.63) is 59.4 Å². The number of carbonyl (C=O) groups is 1. The normalized spacial score (nSPS) is 15.0. The number of halogens is 1. The second-order valence-corrected chi connectivity index (χ2v) is 6.30. The molecule has 3 heterocycles. The van der Waals surface area contributed by atoms with Gasteiger partial charge < -0.3 is 14.8 Å². The van der Waals surface area contributed by atoms with E-state index in [2.05, 4.69) is 14.9 Å². The number of benzene rings is 1. The molecule has 1 saturated heterocycles. The third-order valence-electron chi connectivity index (χ3n) is 4.41. The molecule has 1 aliphatic rings. The summed E-state index contributed by atoms with van der Waals surface area (Å²) in [6.45, 7) is 2.96. The summed E-state index contributed by atoms with van der Waals surface area (Å²) in [5.41, 5.74) is 1.59.